The first-order valence-electron chi connectivity index (χ1n) is 7.55. The van der Waals surface area contributed by atoms with Crippen LogP contribution in [0.25, 0.3) is 0 Å². The first-order chi connectivity index (χ1) is 9.71. The number of morpholine rings is 1. The monoisotopic (exact) mass is 277 g/mol. The lowest BCUT2D eigenvalue weighted by molar-refractivity contribution is -0.133. The quantitative estimate of drug-likeness (QED) is 0.829. The van der Waals surface area contributed by atoms with E-state index in [-0.39, 0.29) is 5.54 Å². The molecule has 110 valence electrons. The zero-order valence-electron chi connectivity index (χ0n) is 12.2. The van der Waals surface area contributed by atoms with Crippen LogP contribution in [0.1, 0.15) is 31.4 Å². The van der Waals surface area contributed by atoms with E-state index in [2.05, 4.69) is 10.00 Å². The van der Waals surface area contributed by atoms with Gasteiger partial charge in [-0.2, -0.15) is 5.10 Å². The molecule has 0 radical (unpaired) electrons. The minimum absolute atomic E-state index is 0.249. The lowest BCUT2D eigenvalue weighted by Crippen LogP contribution is -2.57. The van der Waals surface area contributed by atoms with Crippen molar-refractivity contribution in [3.8, 4) is 0 Å². The van der Waals surface area contributed by atoms with Gasteiger partial charge in [-0.15, -0.1) is 0 Å². The maximum Gasteiger partial charge on any atom is 0.159 e. The SMILES string of the molecule is Cn1ccc(CC(=O)C2(N3CCOCC3)CCCC2)n1. The number of ether oxygens (including phenoxy) is 1. The summed E-state index contributed by atoms with van der Waals surface area (Å²) in [6, 6.07) is 1.94. The predicted octanol–water partition coefficient (Wildman–Crippen LogP) is 1.18. The van der Waals surface area contributed by atoms with Gasteiger partial charge in [0.05, 0.1) is 30.9 Å². The van der Waals surface area contributed by atoms with Crippen LogP contribution in [-0.2, 0) is 23.0 Å². The number of hydrogen-bond acceptors (Lipinski definition) is 4. The highest BCUT2D eigenvalue weighted by Crippen LogP contribution is 2.37. The van der Waals surface area contributed by atoms with Crippen molar-refractivity contribution in [1.82, 2.24) is 14.7 Å². The van der Waals surface area contributed by atoms with Crippen LogP contribution >= 0.6 is 0 Å². The molecule has 0 aromatic carbocycles. The lowest BCUT2D eigenvalue weighted by atomic mass is 9.87. The Labute approximate surface area is 119 Å². The molecular weight excluding hydrogens is 254 g/mol. The molecule has 0 N–H and O–H groups in total. The van der Waals surface area contributed by atoms with Crippen molar-refractivity contribution >= 4 is 5.78 Å². The molecule has 0 atom stereocenters. The molecule has 5 nitrogen and oxygen atoms in total. The molecular formula is C15H23N3O2. The maximum absolute atomic E-state index is 12.9. The average Bonchev–Trinajstić information content (AvgIpc) is 3.10. The Bertz CT molecular complexity index is 471. The van der Waals surface area contributed by atoms with Gasteiger partial charge in [-0.1, -0.05) is 12.8 Å². The van der Waals surface area contributed by atoms with Crippen LogP contribution in [0.2, 0.25) is 0 Å². The highest BCUT2D eigenvalue weighted by molar-refractivity contribution is 5.90. The smallest absolute Gasteiger partial charge is 0.159 e. The minimum Gasteiger partial charge on any atom is -0.379 e. The van der Waals surface area contributed by atoms with Crippen molar-refractivity contribution in [2.75, 3.05) is 26.3 Å². The number of ketones is 1. The highest BCUT2D eigenvalue weighted by atomic mass is 16.5. The summed E-state index contributed by atoms with van der Waals surface area (Å²) in [5.74, 6) is 0.343. The molecule has 1 aliphatic heterocycles. The second-order valence-electron chi connectivity index (χ2n) is 5.92. The number of carbonyl (C=O) groups excluding carboxylic acids is 1. The number of hydrogen-bond donors (Lipinski definition) is 0. The molecule has 0 unspecified atom stereocenters. The lowest BCUT2D eigenvalue weighted by Gasteiger charge is -2.42. The second-order valence-corrected chi connectivity index (χ2v) is 5.92. The standard InChI is InChI=1S/C15H23N3O2/c1-17-7-4-13(16-17)12-14(19)15(5-2-3-6-15)18-8-10-20-11-9-18/h4,7H,2-3,5-6,8-12H2,1H3. The number of aromatic nitrogens is 2. The van der Waals surface area contributed by atoms with E-state index in [0.717, 1.165) is 57.7 Å². The van der Waals surface area contributed by atoms with Gasteiger partial charge in [-0.3, -0.25) is 14.4 Å². The molecule has 0 spiro atoms. The molecule has 20 heavy (non-hydrogen) atoms. The van der Waals surface area contributed by atoms with Crippen molar-refractivity contribution in [2.24, 2.45) is 7.05 Å². The Kier molecular flexibility index (Phi) is 3.89. The van der Waals surface area contributed by atoms with Crippen LogP contribution < -0.4 is 0 Å². The van der Waals surface area contributed by atoms with E-state index in [1.807, 2.05) is 19.3 Å². The fraction of sp³-hybridized carbons (Fsp3) is 0.733. The zero-order chi connectivity index (χ0) is 14.0. The Morgan fingerprint density at radius 3 is 2.65 bits per heavy atom. The van der Waals surface area contributed by atoms with Gasteiger partial charge in [-0.05, 0) is 18.9 Å². The van der Waals surface area contributed by atoms with Gasteiger partial charge in [0.15, 0.2) is 5.78 Å². The number of aryl methyl sites for hydroxylation is 1. The van der Waals surface area contributed by atoms with Crippen molar-refractivity contribution in [2.45, 2.75) is 37.6 Å². The number of carbonyl (C=O) groups is 1. The molecule has 1 aromatic heterocycles. The van der Waals surface area contributed by atoms with Gasteiger partial charge in [0.2, 0.25) is 0 Å². The minimum atomic E-state index is -0.249. The molecule has 3 rings (SSSR count). The van der Waals surface area contributed by atoms with E-state index < -0.39 is 0 Å². The summed E-state index contributed by atoms with van der Waals surface area (Å²) >= 11 is 0. The Balaban J connectivity index is 1.76. The van der Waals surface area contributed by atoms with E-state index in [1.165, 1.54) is 0 Å². The predicted molar refractivity (Wildman–Crippen MR) is 75.5 cm³/mol. The summed E-state index contributed by atoms with van der Waals surface area (Å²) in [5.41, 5.74) is 0.637. The summed E-state index contributed by atoms with van der Waals surface area (Å²) in [4.78, 5) is 15.3. The number of Topliss-reactive ketones (excluding diaryl/α,β-unsaturated/α-hetero) is 1. The molecule has 1 saturated carbocycles. The zero-order valence-corrected chi connectivity index (χ0v) is 12.2. The molecule has 2 heterocycles. The van der Waals surface area contributed by atoms with Gasteiger partial charge in [-0.25, -0.2) is 0 Å². The van der Waals surface area contributed by atoms with Gasteiger partial charge in [0.25, 0.3) is 0 Å². The Morgan fingerprint density at radius 1 is 1.35 bits per heavy atom. The topological polar surface area (TPSA) is 47.4 Å². The first-order valence-corrected chi connectivity index (χ1v) is 7.55. The molecule has 1 aromatic rings. The van der Waals surface area contributed by atoms with Gasteiger partial charge >= 0.3 is 0 Å². The molecule has 2 fully saturated rings. The molecule has 0 amide bonds. The van der Waals surface area contributed by atoms with Crippen LogP contribution in [0, 0.1) is 0 Å². The van der Waals surface area contributed by atoms with E-state index >= 15 is 0 Å². The highest BCUT2D eigenvalue weighted by Gasteiger charge is 2.45. The second kappa shape index (κ2) is 5.66. The summed E-state index contributed by atoms with van der Waals surface area (Å²) < 4.78 is 7.20. The number of rotatable bonds is 4. The van der Waals surface area contributed by atoms with Crippen LogP contribution in [0.4, 0.5) is 0 Å². The van der Waals surface area contributed by atoms with Crippen LogP contribution in [0.3, 0.4) is 0 Å². The molecule has 5 heteroatoms. The normalized spacial score (nSPS) is 23.1. The Morgan fingerprint density at radius 2 is 2.05 bits per heavy atom. The fourth-order valence-electron chi connectivity index (χ4n) is 3.61. The van der Waals surface area contributed by atoms with E-state index in [1.54, 1.807) is 4.68 Å². The third-order valence-corrected chi connectivity index (χ3v) is 4.68. The number of nitrogens with zero attached hydrogens (tertiary/aromatic N) is 3. The van der Waals surface area contributed by atoms with Gasteiger partial charge < -0.3 is 4.74 Å². The third kappa shape index (κ3) is 2.52. The van der Waals surface area contributed by atoms with Crippen LogP contribution in [0.5, 0.6) is 0 Å². The average molecular weight is 277 g/mol. The van der Waals surface area contributed by atoms with Crippen molar-refractivity contribution in [3.63, 3.8) is 0 Å². The molecule has 0 bridgehead atoms. The first kappa shape index (κ1) is 13.8. The largest absolute Gasteiger partial charge is 0.379 e. The van der Waals surface area contributed by atoms with E-state index in [9.17, 15) is 4.79 Å². The maximum atomic E-state index is 12.9. The van der Waals surface area contributed by atoms with E-state index in [0.29, 0.717) is 12.2 Å². The summed E-state index contributed by atoms with van der Waals surface area (Å²) in [6.07, 6.45) is 6.67. The summed E-state index contributed by atoms with van der Waals surface area (Å²) in [5, 5.41) is 4.35. The van der Waals surface area contributed by atoms with Gasteiger partial charge in [0.1, 0.15) is 0 Å². The van der Waals surface area contributed by atoms with Crippen molar-refractivity contribution < 1.29 is 9.53 Å². The van der Waals surface area contributed by atoms with Crippen molar-refractivity contribution in [3.05, 3.63) is 18.0 Å². The third-order valence-electron chi connectivity index (χ3n) is 4.68. The molecule has 2 aliphatic rings. The van der Waals surface area contributed by atoms with Crippen LogP contribution in [0.15, 0.2) is 12.3 Å². The van der Waals surface area contributed by atoms with E-state index in [4.69, 9.17) is 4.74 Å². The summed E-state index contributed by atoms with van der Waals surface area (Å²) in [6.45, 7) is 3.26. The molecule has 1 saturated heterocycles. The summed E-state index contributed by atoms with van der Waals surface area (Å²) in [7, 11) is 1.89. The Hall–Kier alpha value is -1.20. The van der Waals surface area contributed by atoms with Crippen LogP contribution in [-0.4, -0.2) is 52.3 Å². The van der Waals surface area contributed by atoms with Crippen molar-refractivity contribution in [1.29, 1.82) is 0 Å². The fourth-order valence-corrected chi connectivity index (χ4v) is 3.61. The molecule has 1 aliphatic carbocycles. The van der Waals surface area contributed by atoms with Gasteiger partial charge in [0, 0.05) is 26.3 Å².